The predicted octanol–water partition coefficient (Wildman–Crippen LogP) is 5.00. The molecule has 2 aromatic carbocycles. The number of nitrogens with one attached hydrogen (secondary N) is 1. The topological polar surface area (TPSA) is 29.1 Å². The minimum atomic E-state index is -0.377. The predicted molar refractivity (Wildman–Crippen MR) is 85.9 cm³/mol. The molecule has 2 aromatic rings. The molecule has 0 aliphatic heterocycles. The molecule has 0 atom stereocenters. The number of carbonyl (C=O) groups excluding carboxylic acids is 1. The van der Waals surface area contributed by atoms with Gasteiger partial charge in [0.1, 0.15) is 5.82 Å². The lowest BCUT2D eigenvalue weighted by molar-refractivity contribution is -0.111. The summed E-state index contributed by atoms with van der Waals surface area (Å²) < 4.78 is 15.0. The van der Waals surface area contributed by atoms with Gasteiger partial charge in [0.15, 0.2) is 0 Å². The quantitative estimate of drug-likeness (QED) is 0.724. The van der Waals surface area contributed by atoms with Gasteiger partial charge >= 0.3 is 0 Å². The first-order chi connectivity index (χ1) is 9.56. The molecule has 1 amide bonds. The van der Waals surface area contributed by atoms with Crippen LogP contribution in [0.15, 0.2) is 57.5 Å². The van der Waals surface area contributed by atoms with Gasteiger partial charge in [0, 0.05) is 20.6 Å². The summed E-state index contributed by atoms with van der Waals surface area (Å²) >= 11 is 6.60. The second kappa shape index (κ2) is 6.81. The molecule has 0 heterocycles. The van der Waals surface area contributed by atoms with E-state index in [0.717, 1.165) is 8.95 Å². The van der Waals surface area contributed by atoms with Gasteiger partial charge < -0.3 is 5.32 Å². The SMILES string of the molecule is O=C(/C=C/c1cc(Br)ccc1F)Nc1ccccc1Br. The van der Waals surface area contributed by atoms with Crippen LogP contribution in [0, 0.1) is 5.82 Å². The van der Waals surface area contributed by atoms with Gasteiger partial charge in [-0.25, -0.2) is 4.39 Å². The number of anilines is 1. The monoisotopic (exact) mass is 397 g/mol. The molecule has 20 heavy (non-hydrogen) atoms. The zero-order valence-electron chi connectivity index (χ0n) is 10.2. The standard InChI is InChI=1S/C15H10Br2FNO/c16-11-6-7-13(18)10(9-11)5-8-15(20)19-14-4-2-1-3-12(14)17/h1-9H,(H,19,20)/b8-5+. The highest BCUT2D eigenvalue weighted by atomic mass is 79.9. The van der Waals surface area contributed by atoms with E-state index in [4.69, 9.17) is 0 Å². The summed E-state index contributed by atoms with van der Waals surface area (Å²) in [6.07, 6.45) is 2.73. The average Bonchev–Trinajstić information content (AvgIpc) is 2.42. The van der Waals surface area contributed by atoms with Gasteiger partial charge in [-0.3, -0.25) is 4.79 Å². The first kappa shape index (κ1) is 14.9. The lowest BCUT2D eigenvalue weighted by Gasteiger charge is -2.04. The van der Waals surface area contributed by atoms with Crippen molar-refractivity contribution in [1.29, 1.82) is 0 Å². The minimum Gasteiger partial charge on any atom is -0.321 e. The van der Waals surface area contributed by atoms with E-state index in [1.165, 1.54) is 18.2 Å². The molecule has 2 nitrogen and oxygen atoms in total. The number of amides is 1. The zero-order chi connectivity index (χ0) is 14.5. The van der Waals surface area contributed by atoms with Gasteiger partial charge in [-0.1, -0.05) is 28.1 Å². The Kier molecular flexibility index (Phi) is 5.09. The van der Waals surface area contributed by atoms with Gasteiger partial charge in [0.05, 0.1) is 5.69 Å². The Labute approximate surface area is 133 Å². The largest absolute Gasteiger partial charge is 0.321 e. The number of halogens is 3. The van der Waals surface area contributed by atoms with E-state index in [9.17, 15) is 9.18 Å². The summed E-state index contributed by atoms with van der Waals surface area (Å²) in [6.45, 7) is 0. The lowest BCUT2D eigenvalue weighted by Crippen LogP contribution is -2.08. The number of hydrogen-bond acceptors (Lipinski definition) is 1. The van der Waals surface area contributed by atoms with Crippen molar-refractivity contribution in [3.8, 4) is 0 Å². The maximum absolute atomic E-state index is 13.5. The first-order valence-corrected chi connectivity index (χ1v) is 7.33. The third-order valence-electron chi connectivity index (χ3n) is 2.50. The molecule has 0 unspecified atom stereocenters. The van der Waals surface area contributed by atoms with Gasteiger partial charge in [-0.05, 0) is 52.3 Å². The molecule has 0 aliphatic carbocycles. The van der Waals surface area contributed by atoms with Crippen molar-refractivity contribution in [2.45, 2.75) is 0 Å². The van der Waals surface area contributed by atoms with E-state index in [1.54, 1.807) is 18.2 Å². The molecule has 5 heteroatoms. The van der Waals surface area contributed by atoms with Crippen LogP contribution in [0.25, 0.3) is 6.08 Å². The summed E-state index contributed by atoms with van der Waals surface area (Å²) in [4.78, 5) is 11.8. The van der Waals surface area contributed by atoms with E-state index in [-0.39, 0.29) is 11.7 Å². The van der Waals surface area contributed by atoms with Crippen molar-refractivity contribution in [2.24, 2.45) is 0 Å². The van der Waals surface area contributed by atoms with E-state index >= 15 is 0 Å². The maximum Gasteiger partial charge on any atom is 0.248 e. The van der Waals surface area contributed by atoms with Crippen molar-refractivity contribution in [2.75, 3.05) is 5.32 Å². The third-order valence-corrected chi connectivity index (χ3v) is 3.69. The normalized spacial score (nSPS) is 10.8. The Bertz CT molecular complexity index is 671. The summed E-state index contributed by atoms with van der Waals surface area (Å²) in [6, 6.07) is 11.8. The van der Waals surface area contributed by atoms with Crippen molar-refractivity contribution < 1.29 is 9.18 Å². The Morgan fingerprint density at radius 2 is 1.90 bits per heavy atom. The van der Waals surface area contributed by atoms with Crippen molar-refractivity contribution >= 4 is 49.5 Å². The molecule has 0 saturated heterocycles. The van der Waals surface area contributed by atoms with Crippen LogP contribution < -0.4 is 5.32 Å². The number of rotatable bonds is 3. The summed E-state index contributed by atoms with van der Waals surface area (Å²) in [7, 11) is 0. The van der Waals surface area contributed by atoms with Crippen LogP contribution in [-0.2, 0) is 4.79 Å². The Balaban J connectivity index is 2.10. The molecule has 2 rings (SSSR count). The fourth-order valence-corrected chi connectivity index (χ4v) is 2.31. The lowest BCUT2D eigenvalue weighted by atomic mass is 10.2. The maximum atomic E-state index is 13.5. The molecule has 102 valence electrons. The molecular weight excluding hydrogens is 389 g/mol. The smallest absolute Gasteiger partial charge is 0.248 e. The van der Waals surface area contributed by atoms with Crippen LogP contribution in [0.5, 0.6) is 0 Å². The molecule has 1 N–H and O–H groups in total. The summed E-state index contributed by atoms with van der Waals surface area (Å²) in [5, 5.41) is 2.71. The van der Waals surface area contributed by atoms with Crippen molar-refractivity contribution in [3.63, 3.8) is 0 Å². The van der Waals surface area contributed by atoms with Crippen molar-refractivity contribution in [1.82, 2.24) is 0 Å². The highest BCUT2D eigenvalue weighted by Crippen LogP contribution is 2.21. The second-order valence-corrected chi connectivity index (χ2v) is 5.74. The van der Waals surface area contributed by atoms with Gasteiger partial charge in [-0.2, -0.15) is 0 Å². The zero-order valence-corrected chi connectivity index (χ0v) is 13.4. The highest BCUT2D eigenvalue weighted by molar-refractivity contribution is 9.10. The van der Waals surface area contributed by atoms with Crippen LogP contribution in [0.3, 0.4) is 0 Å². The summed E-state index contributed by atoms with van der Waals surface area (Å²) in [5.74, 6) is -0.700. The van der Waals surface area contributed by atoms with Crippen LogP contribution >= 0.6 is 31.9 Å². The van der Waals surface area contributed by atoms with E-state index < -0.39 is 0 Å². The molecule has 0 bridgehead atoms. The molecule has 0 aromatic heterocycles. The highest BCUT2D eigenvalue weighted by Gasteiger charge is 2.03. The summed E-state index contributed by atoms with van der Waals surface area (Å²) in [5.41, 5.74) is 1.01. The molecule has 0 saturated carbocycles. The molecule has 0 radical (unpaired) electrons. The third kappa shape index (κ3) is 4.02. The van der Waals surface area contributed by atoms with E-state index in [0.29, 0.717) is 11.3 Å². The van der Waals surface area contributed by atoms with Gasteiger partial charge in [-0.15, -0.1) is 0 Å². The molecule has 0 spiro atoms. The fraction of sp³-hybridized carbons (Fsp3) is 0. The number of hydrogen-bond donors (Lipinski definition) is 1. The number of para-hydroxylation sites is 1. The van der Waals surface area contributed by atoms with Gasteiger partial charge in [0.2, 0.25) is 5.91 Å². The van der Waals surface area contributed by atoms with Crippen LogP contribution in [-0.4, -0.2) is 5.91 Å². The first-order valence-electron chi connectivity index (χ1n) is 5.75. The van der Waals surface area contributed by atoms with Crippen LogP contribution in [0.4, 0.5) is 10.1 Å². The Morgan fingerprint density at radius 3 is 2.65 bits per heavy atom. The van der Waals surface area contributed by atoms with Crippen LogP contribution in [0.2, 0.25) is 0 Å². The van der Waals surface area contributed by atoms with Gasteiger partial charge in [0.25, 0.3) is 0 Å². The Morgan fingerprint density at radius 1 is 1.15 bits per heavy atom. The minimum absolute atomic E-state index is 0.323. The molecular formula is C15H10Br2FNO. The number of benzene rings is 2. The Hall–Kier alpha value is -1.46. The number of carbonyl (C=O) groups is 1. The van der Waals surface area contributed by atoms with Crippen molar-refractivity contribution in [3.05, 3.63) is 68.9 Å². The van der Waals surface area contributed by atoms with E-state index in [2.05, 4.69) is 37.2 Å². The molecule has 0 fully saturated rings. The van der Waals surface area contributed by atoms with E-state index in [1.807, 2.05) is 18.2 Å². The fourth-order valence-electron chi connectivity index (χ4n) is 1.54. The average molecular weight is 399 g/mol. The van der Waals surface area contributed by atoms with Crippen LogP contribution in [0.1, 0.15) is 5.56 Å². The second-order valence-electron chi connectivity index (χ2n) is 3.97. The molecule has 0 aliphatic rings.